The van der Waals surface area contributed by atoms with Gasteiger partial charge in [0.05, 0.1) is 15.8 Å². The molecule has 5 nitrogen and oxygen atoms in total. The molecule has 1 saturated heterocycles. The fourth-order valence-corrected chi connectivity index (χ4v) is 3.38. The highest BCUT2D eigenvalue weighted by atomic mass is 79.9. The van der Waals surface area contributed by atoms with Crippen LogP contribution < -0.4 is 15.0 Å². The van der Waals surface area contributed by atoms with Gasteiger partial charge in [-0.25, -0.2) is 0 Å². The number of halogens is 1. The van der Waals surface area contributed by atoms with Gasteiger partial charge >= 0.3 is 0 Å². The number of carbonyl (C=O) groups excluding carboxylic acids is 2. The third kappa shape index (κ3) is 4.20. The Labute approximate surface area is 155 Å². The first-order chi connectivity index (χ1) is 12.0. The molecular weight excluding hydrogens is 384 g/mol. The van der Waals surface area contributed by atoms with Crippen molar-refractivity contribution in [2.24, 2.45) is 0 Å². The number of para-hydroxylation sites is 2. The maximum Gasteiger partial charge on any atom is 0.262 e. The zero-order valence-corrected chi connectivity index (χ0v) is 15.5. The number of aryl methyl sites for hydroxylation is 1. The van der Waals surface area contributed by atoms with Crippen LogP contribution in [0.25, 0.3) is 0 Å². The Morgan fingerprint density at radius 3 is 2.80 bits per heavy atom. The molecule has 6 heteroatoms. The molecule has 0 unspecified atom stereocenters. The molecule has 0 radical (unpaired) electrons. The second kappa shape index (κ2) is 7.70. The molecule has 2 aromatic rings. The van der Waals surface area contributed by atoms with E-state index in [1.165, 1.54) is 0 Å². The number of carbonyl (C=O) groups is 2. The van der Waals surface area contributed by atoms with Crippen molar-refractivity contribution in [2.75, 3.05) is 23.4 Å². The number of nitrogens with one attached hydrogen (secondary N) is 1. The molecular formula is C19H19BrN2O3. The van der Waals surface area contributed by atoms with Gasteiger partial charge in [-0.2, -0.15) is 0 Å². The topological polar surface area (TPSA) is 58.6 Å². The first-order valence-electron chi connectivity index (χ1n) is 8.13. The summed E-state index contributed by atoms with van der Waals surface area (Å²) in [5.74, 6) is 0.428. The molecule has 2 amide bonds. The van der Waals surface area contributed by atoms with E-state index in [-0.39, 0.29) is 18.4 Å². The van der Waals surface area contributed by atoms with Crippen LogP contribution in [0.3, 0.4) is 0 Å². The van der Waals surface area contributed by atoms with Gasteiger partial charge in [-0.05, 0) is 59.1 Å². The summed E-state index contributed by atoms with van der Waals surface area (Å²) in [6.07, 6.45) is 1.39. The van der Waals surface area contributed by atoms with Crippen molar-refractivity contribution in [3.63, 3.8) is 0 Å². The van der Waals surface area contributed by atoms with E-state index in [2.05, 4.69) is 21.2 Å². The molecule has 0 atom stereocenters. The van der Waals surface area contributed by atoms with E-state index in [4.69, 9.17) is 4.74 Å². The fraction of sp³-hybridized carbons (Fsp3) is 0.263. The Hall–Kier alpha value is -2.34. The molecule has 1 aliphatic rings. The predicted octanol–water partition coefficient (Wildman–Crippen LogP) is 3.90. The summed E-state index contributed by atoms with van der Waals surface area (Å²) < 4.78 is 6.38. The van der Waals surface area contributed by atoms with Crippen LogP contribution >= 0.6 is 15.9 Å². The maximum absolute atomic E-state index is 12.3. The Kier molecular flexibility index (Phi) is 5.38. The molecule has 25 heavy (non-hydrogen) atoms. The number of amides is 2. The molecule has 1 heterocycles. The van der Waals surface area contributed by atoms with Crippen LogP contribution in [0.2, 0.25) is 0 Å². The summed E-state index contributed by atoms with van der Waals surface area (Å²) in [5, 5.41) is 2.84. The van der Waals surface area contributed by atoms with Crippen molar-refractivity contribution in [3.05, 3.63) is 52.5 Å². The van der Waals surface area contributed by atoms with Gasteiger partial charge in [0.1, 0.15) is 5.75 Å². The van der Waals surface area contributed by atoms with Crippen LogP contribution in [0.15, 0.2) is 46.9 Å². The summed E-state index contributed by atoms with van der Waals surface area (Å²) in [6, 6.07) is 13.0. The normalized spacial score (nSPS) is 13.8. The first-order valence-corrected chi connectivity index (χ1v) is 8.92. The van der Waals surface area contributed by atoms with Crippen LogP contribution in [0.4, 0.5) is 11.4 Å². The first kappa shape index (κ1) is 17.5. The SMILES string of the molecule is Cc1ccc(OCC(=O)Nc2ccccc2N2CCCC2=O)c(Br)c1. The van der Waals surface area contributed by atoms with Gasteiger partial charge in [0.25, 0.3) is 5.91 Å². The Morgan fingerprint density at radius 1 is 1.28 bits per heavy atom. The van der Waals surface area contributed by atoms with Crippen LogP contribution in [0, 0.1) is 6.92 Å². The third-order valence-electron chi connectivity index (χ3n) is 3.99. The Morgan fingerprint density at radius 2 is 2.08 bits per heavy atom. The quantitative estimate of drug-likeness (QED) is 0.824. The maximum atomic E-state index is 12.3. The van der Waals surface area contributed by atoms with Crippen molar-refractivity contribution >= 4 is 39.1 Å². The average molecular weight is 403 g/mol. The van der Waals surface area contributed by atoms with E-state index in [9.17, 15) is 9.59 Å². The van der Waals surface area contributed by atoms with Gasteiger partial charge in [-0.1, -0.05) is 18.2 Å². The lowest BCUT2D eigenvalue weighted by Gasteiger charge is -2.20. The molecule has 3 rings (SSSR count). The molecule has 2 aromatic carbocycles. The van der Waals surface area contributed by atoms with E-state index in [0.29, 0.717) is 24.4 Å². The lowest BCUT2D eigenvalue weighted by atomic mass is 10.2. The summed E-state index contributed by atoms with van der Waals surface area (Å²) in [5.41, 5.74) is 2.46. The highest BCUT2D eigenvalue weighted by molar-refractivity contribution is 9.10. The number of nitrogens with zero attached hydrogens (tertiary/aromatic N) is 1. The van der Waals surface area contributed by atoms with E-state index >= 15 is 0 Å². The number of hydrogen-bond acceptors (Lipinski definition) is 3. The molecule has 1 aliphatic heterocycles. The van der Waals surface area contributed by atoms with Crippen LogP contribution in [0.1, 0.15) is 18.4 Å². The highest BCUT2D eigenvalue weighted by Crippen LogP contribution is 2.29. The van der Waals surface area contributed by atoms with Crippen molar-refractivity contribution in [1.29, 1.82) is 0 Å². The number of ether oxygens (including phenoxy) is 1. The van der Waals surface area contributed by atoms with Gasteiger partial charge in [0.15, 0.2) is 6.61 Å². The summed E-state index contributed by atoms with van der Waals surface area (Å²) in [7, 11) is 0. The second-order valence-electron chi connectivity index (χ2n) is 5.94. The minimum Gasteiger partial charge on any atom is -0.483 e. The van der Waals surface area contributed by atoms with Crippen LogP contribution in [0.5, 0.6) is 5.75 Å². The van der Waals surface area contributed by atoms with Gasteiger partial charge in [0.2, 0.25) is 5.91 Å². The smallest absolute Gasteiger partial charge is 0.262 e. The molecule has 130 valence electrons. The number of benzene rings is 2. The van der Waals surface area contributed by atoms with E-state index in [1.54, 1.807) is 11.0 Å². The third-order valence-corrected chi connectivity index (χ3v) is 4.61. The van der Waals surface area contributed by atoms with E-state index in [1.807, 2.05) is 43.3 Å². The van der Waals surface area contributed by atoms with Crippen LogP contribution in [-0.2, 0) is 9.59 Å². The molecule has 0 spiro atoms. The van der Waals surface area contributed by atoms with Crippen molar-refractivity contribution in [3.8, 4) is 5.75 Å². The minimum atomic E-state index is -0.272. The molecule has 0 bridgehead atoms. The lowest BCUT2D eigenvalue weighted by Crippen LogP contribution is -2.27. The summed E-state index contributed by atoms with van der Waals surface area (Å²) in [6.45, 7) is 2.56. The molecule has 1 N–H and O–H groups in total. The van der Waals surface area contributed by atoms with Crippen LogP contribution in [-0.4, -0.2) is 25.0 Å². The monoisotopic (exact) mass is 402 g/mol. The lowest BCUT2D eigenvalue weighted by molar-refractivity contribution is -0.118. The second-order valence-corrected chi connectivity index (χ2v) is 6.79. The van der Waals surface area contributed by atoms with Gasteiger partial charge in [-0.3, -0.25) is 9.59 Å². The highest BCUT2D eigenvalue weighted by Gasteiger charge is 2.24. The van der Waals surface area contributed by atoms with Gasteiger partial charge in [0, 0.05) is 13.0 Å². The molecule has 0 saturated carbocycles. The number of hydrogen-bond donors (Lipinski definition) is 1. The minimum absolute atomic E-state index is 0.0848. The largest absolute Gasteiger partial charge is 0.483 e. The van der Waals surface area contributed by atoms with Gasteiger partial charge in [-0.15, -0.1) is 0 Å². The number of anilines is 2. The molecule has 1 fully saturated rings. The zero-order valence-electron chi connectivity index (χ0n) is 13.9. The summed E-state index contributed by atoms with van der Waals surface area (Å²) in [4.78, 5) is 25.9. The molecule has 0 aromatic heterocycles. The zero-order chi connectivity index (χ0) is 17.8. The fourth-order valence-electron chi connectivity index (χ4n) is 2.77. The van der Waals surface area contributed by atoms with Crippen molar-refractivity contribution < 1.29 is 14.3 Å². The van der Waals surface area contributed by atoms with E-state index in [0.717, 1.165) is 22.1 Å². The number of rotatable bonds is 5. The Balaban J connectivity index is 1.66. The van der Waals surface area contributed by atoms with Crippen molar-refractivity contribution in [2.45, 2.75) is 19.8 Å². The summed E-state index contributed by atoms with van der Waals surface area (Å²) >= 11 is 3.43. The standard InChI is InChI=1S/C19H19BrN2O3/c1-13-8-9-17(14(20)11-13)25-12-18(23)21-15-5-2-3-6-16(15)22-10-4-7-19(22)24/h2-3,5-6,8-9,11H,4,7,10,12H2,1H3,(H,21,23). The molecule has 0 aliphatic carbocycles. The van der Waals surface area contributed by atoms with Gasteiger partial charge < -0.3 is 15.0 Å². The van der Waals surface area contributed by atoms with E-state index < -0.39 is 0 Å². The average Bonchev–Trinajstić information content (AvgIpc) is 3.00. The Bertz CT molecular complexity index is 807. The predicted molar refractivity (Wildman–Crippen MR) is 101 cm³/mol. The van der Waals surface area contributed by atoms with Crippen molar-refractivity contribution in [1.82, 2.24) is 0 Å².